The number of nitrogens with two attached hydrogens (primary N) is 1. The second kappa shape index (κ2) is 2.71. The molecule has 2 fully saturated rings. The molecule has 2 aliphatic rings. The molecular formula is C8H15N3O. The number of hydrazine groups is 1. The van der Waals surface area contributed by atoms with Crippen molar-refractivity contribution in [1.82, 2.24) is 10.3 Å². The van der Waals surface area contributed by atoms with Gasteiger partial charge in [0.15, 0.2) is 0 Å². The maximum atomic E-state index is 10.9. The van der Waals surface area contributed by atoms with E-state index in [0.717, 1.165) is 13.1 Å². The van der Waals surface area contributed by atoms with Gasteiger partial charge in [-0.3, -0.25) is 15.1 Å². The summed E-state index contributed by atoms with van der Waals surface area (Å²) in [4.78, 5) is 13.1. The van der Waals surface area contributed by atoms with Crippen LogP contribution in [0.5, 0.6) is 0 Å². The summed E-state index contributed by atoms with van der Waals surface area (Å²) < 4.78 is 0. The Balaban J connectivity index is 1.80. The highest BCUT2D eigenvalue weighted by Crippen LogP contribution is 2.52. The highest BCUT2D eigenvalue weighted by Gasteiger charge is 2.47. The summed E-state index contributed by atoms with van der Waals surface area (Å²) in [5, 5.41) is 0. The molecule has 0 aromatic rings. The van der Waals surface area contributed by atoms with Crippen molar-refractivity contribution < 1.29 is 4.79 Å². The van der Waals surface area contributed by atoms with Crippen molar-refractivity contribution in [2.45, 2.75) is 19.3 Å². The zero-order chi connectivity index (χ0) is 8.60. The Morgan fingerprint density at radius 1 is 1.50 bits per heavy atom. The van der Waals surface area contributed by atoms with Crippen molar-refractivity contribution >= 4 is 5.91 Å². The Labute approximate surface area is 72.1 Å². The molecule has 0 unspecified atom stereocenters. The fraction of sp³-hybridized carbons (Fsp3) is 0.875. The molecule has 4 nitrogen and oxygen atoms in total. The Bertz CT molecular complexity index is 200. The van der Waals surface area contributed by atoms with Crippen LogP contribution in [-0.4, -0.2) is 30.4 Å². The molecule has 0 aromatic heterocycles. The molecule has 0 bridgehead atoms. The number of amides is 1. The zero-order valence-corrected chi connectivity index (χ0v) is 7.18. The molecule has 1 aliphatic heterocycles. The van der Waals surface area contributed by atoms with Crippen molar-refractivity contribution in [1.29, 1.82) is 0 Å². The van der Waals surface area contributed by atoms with E-state index in [9.17, 15) is 4.79 Å². The Morgan fingerprint density at radius 3 is 2.75 bits per heavy atom. The van der Waals surface area contributed by atoms with Crippen molar-refractivity contribution in [2.75, 3.05) is 19.6 Å². The first-order valence-electron chi connectivity index (χ1n) is 4.46. The first kappa shape index (κ1) is 8.01. The molecule has 1 amide bonds. The van der Waals surface area contributed by atoms with E-state index in [2.05, 4.69) is 10.3 Å². The molecule has 1 saturated carbocycles. The fourth-order valence-corrected chi connectivity index (χ4v) is 2.00. The first-order valence-corrected chi connectivity index (χ1v) is 4.46. The van der Waals surface area contributed by atoms with Crippen LogP contribution in [0.2, 0.25) is 0 Å². The molecule has 4 heteroatoms. The molecule has 0 atom stereocenters. The van der Waals surface area contributed by atoms with Gasteiger partial charge in [0.2, 0.25) is 5.91 Å². The Hall–Kier alpha value is -0.610. The van der Waals surface area contributed by atoms with E-state index in [1.807, 2.05) is 0 Å². The number of nitrogens with one attached hydrogen (secondary N) is 1. The SMILES string of the molecule is NNC(=O)CN1CCC2(CC2)C1. The standard InChI is InChI=1S/C8H15N3O/c9-10-7(12)5-11-4-3-8(6-11)1-2-8/h1-6,9H2,(H,10,12). The number of hydrogen-bond acceptors (Lipinski definition) is 3. The van der Waals surface area contributed by atoms with Crippen molar-refractivity contribution in [3.05, 3.63) is 0 Å². The molecule has 1 heterocycles. The van der Waals surface area contributed by atoms with Crippen LogP contribution in [0.15, 0.2) is 0 Å². The highest BCUT2D eigenvalue weighted by molar-refractivity contribution is 5.77. The predicted molar refractivity (Wildman–Crippen MR) is 45.1 cm³/mol. The third-order valence-corrected chi connectivity index (χ3v) is 3.00. The molecule has 1 spiro atoms. The van der Waals surface area contributed by atoms with Gasteiger partial charge in [0.05, 0.1) is 6.54 Å². The van der Waals surface area contributed by atoms with E-state index < -0.39 is 0 Å². The number of hydrogen-bond donors (Lipinski definition) is 2. The average Bonchev–Trinajstić information content (AvgIpc) is 2.68. The van der Waals surface area contributed by atoms with Gasteiger partial charge in [-0.25, -0.2) is 5.84 Å². The summed E-state index contributed by atoms with van der Waals surface area (Å²) in [7, 11) is 0. The molecule has 1 saturated heterocycles. The minimum atomic E-state index is -0.0762. The minimum Gasteiger partial charge on any atom is -0.294 e. The molecule has 0 aromatic carbocycles. The van der Waals surface area contributed by atoms with E-state index >= 15 is 0 Å². The number of carbonyl (C=O) groups excluding carboxylic acids is 1. The largest absolute Gasteiger partial charge is 0.294 e. The quantitative estimate of drug-likeness (QED) is 0.332. The van der Waals surface area contributed by atoms with E-state index in [1.165, 1.54) is 19.3 Å². The van der Waals surface area contributed by atoms with Gasteiger partial charge in [-0.1, -0.05) is 0 Å². The molecule has 2 rings (SSSR count). The summed E-state index contributed by atoms with van der Waals surface area (Å²) >= 11 is 0. The molecule has 0 radical (unpaired) electrons. The van der Waals surface area contributed by atoms with E-state index in [-0.39, 0.29) is 5.91 Å². The lowest BCUT2D eigenvalue weighted by molar-refractivity contribution is -0.122. The van der Waals surface area contributed by atoms with E-state index in [1.54, 1.807) is 0 Å². The lowest BCUT2D eigenvalue weighted by Gasteiger charge is -2.13. The second-order valence-electron chi connectivity index (χ2n) is 4.03. The summed E-state index contributed by atoms with van der Waals surface area (Å²) in [5.74, 6) is 4.93. The smallest absolute Gasteiger partial charge is 0.248 e. The Morgan fingerprint density at radius 2 is 2.25 bits per heavy atom. The van der Waals surface area contributed by atoms with Crippen LogP contribution in [0.1, 0.15) is 19.3 Å². The zero-order valence-electron chi connectivity index (χ0n) is 7.18. The van der Waals surface area contributed by atoms with Gasteiger partial charge < -0.3 is 0 Å². The van der Waals surface area contributed by atoms with E-state index in [4.69, 9.17) is 5.84 Å². The topological polar surface area (TPSA) is 58.4 Å². The van der Waals surface area contributed by atoms with Crippen LogP contribution in [0, 0.1) is 5.41 Å². The monoisotopic (exact) mass is 169 g/mol. The lowest BCUT2D eigenvalue weighted by Crippen LogP contribution is -2.39. The fourth-order valence-electron chi connectivity index (χ4n) is 2.00. The molecular weight excluding hydrogens is 154 g/mol. The van der Waals surface area contributed by atoms with Crippen LogP contribution in [0.4, 0.5) is 0 Å². The summed E-state index contributed by atoms with van der Waals surface area (Å²) in [6.07, 6.45) is 3.98. The van der Waals surface area contributed by atoms with Crippen molar-refractivity contribution in [3.8, 4) is 0 Å². The minimum absolute atomic E-state index is 0.0762. The third kappa shape index (κ3) is 1.44. The lowest BCUT2D eigenvalue weighted by atomic mass is 10.1. The number of likely N-dealkylation sites (tertiary alicyclic amines) is 1. The van der Waals surface area contributed by atoms with Gasteiger partial charge in [0, 0.05) is 6.54 Å². The van der Waals surface area contributed by atoms with Crippen LogP contribution in [0.3, 0.4) is 0 Å². The van der Waals surface area contributed by atoms with Gasteiger partial charge in [-0.05, 0) is 31.2 Å². The van der Waals surface area contributed by atoms with Crippen LogP contribution in [0.25, 0.3) is 0 Å². The number of rotatable bonds is 2. The van der Waals surface area contributed by atoms with Gasteiger partial charge >= 0.3 is 0 Å². The predicted octanol–water partition coefficient (Wildman–Crippen LogP) is -0.538. The van der Waals surface area contributed by atoms with Crippen LogP contribution >= 0.6 is 0 Å². The van der Waals surface area contributed by atoms with E-state index in [0.29, 0.717) is 12.0 Å². The highest BCUT2D eigenvalue weighted by atomic mass is 16.2. The molecule has 12 heavy (non-hydrogen) atoms. The summed E-state index contributed by atoms with van der Waals surface area (Å²) in [6.45, 7) is 2.63. The van der Waals surface area contributed by atoms with Gasteiger partial charge in [-0.15, -0.1) is 0 Å². The summed E-state index contributed by atoms with van der Waals surface area (Å²) in [5.41, 5.74) is 2.77. The average molecular weight is 169 g/mol. The maximum Gasteiger partial charge on any atom is 0.248 e. The maximum absolute atomic E-state index is 10.9. The normalized spacial score (nSPS) is 26.1. The number of nitrogens with zero attached hydrogens (tertiary/aromatic N) is 1. The van der Waals surface area contributed by atoms with Gasteiger partial charge in [0.1, 0.15) is 0 Å². The molecule has 3 N–H and O–H groups in total. The Kier molecular flexibility index (Phi) is 1.81. The second-order valence-corrected chi connectivity index (χ2v) is 4.03. The van der Waals surface area contributed by atoms with Crippen LogP contribution in [-0.2, 0) is 4.79 Å². The van der Waals surface area contributed by atoms with Gasteiger partial charge in [0.25, 0.3) is 0 Å². The number of carbonyl (C=O) groups is 1. The first-order chi connectivity index (χ1) is 5.74. The van der Waals surface area contributed by atoms with Crippen molar-refractivity contribution in [3.63, 3.8) is 0 Å². The summed E-state index contributed by atoms with van der Waals surface area (Å²) in [6, 6.07) is 0. The molecule has 1 aliphatic carbocycles. The van der Waals surface area contributed by atoms with Crippen LogP contribution < -0.4 is 11.3 Å². The third-order valence-electron chi connectivity index (χ3n) is 3.00. The van der Waals surface area contributed by atoms with Gasteiger partial charge in [-0.2, -0.15) is 0 Å². The molecule has 68 valence electrons. The van der Waals surface area contributed by atoms with Crippen molar-refractivity contribution in [2.24, 2.45) is 11.3 Å².